The number of primary amides is 1. The summed E-state index contributed by atoms with van der Waals surface area (Å²) in [7, 11) is 1.75. The van der Waals surface area contributed by atoms with E-state index in [1.807, 2.05) is 19.2 Å². The number of carbonyl (C=O) groups excluding carboxylic acids is 1. The van der Waals surface area contributed by atoms with Gasteiger partial charge >= 0.3 is 0 Å². The monoisotopic (exact) mass is 529 g/mol. The van der Waals surface area contributed by atoms with Crippen molar-refractivity contribution in [1.29, 1.82) is 0 Å². The number of nitrogens with two attached hydrogens (primary N) is 1. The molecule has 0 aromatic carbocycles. The van der Waals surface area contributed by atoms with Crippen molar-refractivity contribution in [3.8, 4) is 0 Å². The molecule has 8 nitrogen and oxygen atoms in total. The summed E-state index contributed by atoms with van der Waals surface area (Å²) in [5.74, 6) is 1.44. The van der Waals surface area contributed by atoms with E-state index in [0.717, 1.165) is 48.3 Å². The summed E-state index contributed by atoms with van der Waals surface area (Å²) in [6.07, 6.45) is 5.22. The van der Waals surface area contributed by atoms with E-state index < -0.39 is 0 Å². The molecule has 1 aliphatic heterocycles. The van der Waals surface area contributed by atoms with Crippen molar-refractivity contribution in [2.45, 2.75) is 32.9 Å². The minimum absolute atomic E-state index is 0. The van der Waals surface area contributed by atoms with Gasteiger partial charge < -0.3 is 21.3 Å². The molecule has 0 aliphatic carbocycles. The molecular weight excluding hydrogens is 501 g/mol. The van der Waals surface area contributed by atoms with Crippen LogP contribution >= 0.6 is 35.3 Å². The normalized spacial score (nSPS) is 15.0. The Labute approximate surface area is 192 Å². The van der Waals surface area contributed by atoms with Crippen LogP contribution in [0.15, 0.2) is 29.5 Å². The van der Waals surface area contributed by atoms with Gasteiger partial charge in [-0.15, -0.1) is 35.3 Å². The van der Waals surface area contributed by atoms with E-state index in [0.29, 0.717) is 13.1 Å². The number of nitrogens with zero attached hydrogens (tertiary/aromatic N) is 4. The van der Waals surface area contributed by atoms with E-state index in [4.69, 9.17) is 5.73 Å². The Kier molecular flexibility index (Phi) is 9.08. The lowest BCUT2D eigenvalue weighted by Gasteiger charge is -2.32. The van der Waals surface area contributed by atoms with Crippen molar-refractivity contribution >= 4 is 53.0 Å². The molecule has 0 radical (unpaired) electrons. The fourth-order valence-corrected chi connectivity index (χ4v) is 4.00. The fourth-order valence-electron chi connectivity index (χ4n) is 3.27. The maximum absolute atomic E-state index is 11.4. The summed E-state index contributed by atoms with van der Waals surface area (Å²) in [6, 6.07) is 4.00. The zero-order valence-corrected chi connectivity index (χ0v) is 19.9. The second kappa shape index (κ2) is 11.3. The molecule has 0 spiro atoms. The summed E-state index contributed by atoms with van der Waals surface area (Å²) in [6.45, 7) is 4.86. The van der Waals surface area contributed by atoms with Crippen LogP contribution in [0.3, 0.4) is 0 Å². The Balaban J connectivity index is 0.00000300. The molecular formula is C19H28IN7OS. The first-order valence-corrected chi connectivity index (χ1v) is 10.2. The predicted molar refractivity (Wildman–Crippen MR) is 128 cm³/mol. The van der Waals surface area contributed by atoms with Crippen LogP contribution in [0.25, 0.3) is 0 Å². The van der Waals surface area contributed by atoms with Crippen LogP contribution in [-0.4, -0.2) is 42.0 Å². The molecule has 1 fully saturated rings. The minimum atomic E-state index is -0.201. The van der Waals surface area contributed by atoms with Crippen molar-refractivity contribution in [3.63, 3.8) is 0 Å². The van der Waals surface area contributed by atoms with Crippen LogP contribution in [0.2, 0.25) is 0 Å². The maximum Gasteiger partial charge on any atom is 0.220 e. The highest BCUT2D eigenvalue weighted by molar-refractivity contribution is 14.0. The number of hydrogen-bond acceptors (Lipinski definition) is 6. The van der Waals surface area contributed by atoms with Crippen LogP contribution in [0.5, 0.6) is 0 Å². The number of anilines is 1. The summed E-state index contributed by atoms with van der Waals surface area (Å²) >= 11 is 1.67. The Morgan fingerprint density at radius 2 is 2.03 bits per heavy atom. The molecule has 3 heterocycles. The molecule has 4 N–H and O–H groups in total. The molecule has 0 unspecified atom stereocenters. The average molecular weight is 529 g/mol. The molecule has 1 saturated heterocycles. The summed E-state index contributed by atoms with van der Waals surface area (Å²) < 4.78 is 0. The number of halogens is 1. The zero-order valence-electron chi connectivity index (χ0n) is 16.7. The van der Waals surface area contributed by atoms with Gasteiger partial charge in [0.05, 0.1) is 6.54 Å². The van der Waals surface area contributed by atoms with Gasteiger partial charge in [0, 0.05) is 55.4 Å². The van der Waals surface area contributed by atoms with Gasteiger partial charge in [-0.05, 0) is 25.8 Å². The van der Waals surface area contributed by atoms with Crippen molar-refractivity contribution in [2.24, 2.45) is 16.6 Å². The van der Waals surface area contributed by atoms with Gasteiger partial charge in [0.15, 0.2) is 5.96 Å². The largest absolute Gasteiger partial charge is 0.369 e. The first kappa shape index (κ1) is 23.3. The van der Waals surface area contributed by atoms with Crippen LogP contribution in [-0.2, 0) is 17.9 Å². The van der Waals surface area contributed by atoms with Gasteiger partial charge in [-0.1, -0.05) is 6.07 Å². The number of hydrogen-bond donors (Lipinski definition) is 3. The van der Waals surface area contributed by atoms with Gasteiger partial charge in [0.25, 0.3) is 0 Å². The van der Waals surface area contributed by atoms with E-state index in [1.54, 1.807) is 24.6 Å². The molecule has 158 valence electrons. The number of guanidine groups is 1. The summed E-state index contributed by atoms with van der Waals surface area (Å²) in [4.78, 5) is 28.0. The van der Waals surface area contributed by atoms with Crippen molar-refractivity contribution in [2.75, 3.05) is 25.0 Å². The Morgan fingerprint density at radius 1 is 1.31 bits per heavy atom. The fraction of sp³-hybridized carbons (Fsp3) is 0.474. The molecule has 3 rings (SSSR count). The Morgan fingerprint density at radius 3 is 2.66 bits per heavy atom. The van der Waals surface area contributed by atoms with Crippen molar-refractivity contribution < 1.29 is 4.79 Å². The molecule has 2 aromatic rings. The number of amides is 1. The van der Waals surface area contributed by atoms with Gasteiger partial charge in [0.2, 0.25) is 5.91 Å². The number of aromatic nitrogens is 2. The van der Waals surface area contributed by atoms with Crippen LogP contribution in [0.4, 0.5) is 5.82 Å². The van der Waals surface area contributed by atoms with Gasteiger partial charge in [-0.2, -0.15) is 0 Å². The van der Waals surface area contributed by atoms with Gasteiger partial charge in [-0.25, -0.2) is 9.97 Å². The molecule has 1 amide bonds. The molecule has 0 atom stereocenters. The summed E-state index contributed by atoms with van der Waals surface area (Å²) in [5, 5.41) is 7.66. The number of aryl methyl sites for hydroxylation is 1. The number of rotatable bonds is 6. The topological polar surface area (TPSA) is 109 Å². The molecule has 0 bridgehead atoms. The Bertz CT molecular complexity index is 833. The summed E-state index contributed by atoms with van der Waals surface area (Å²) in [5.41, 5.74) is 6.53. The van der Waals surface area contributed by atoms with Crippen LogP contribution < -0.4 is 21.3 Å². The molecule has 10 heteroatoms. The highest BCUT2D eigenvalue weighted by atomic mass is 127. The van der Waals surface area contributed by atoms with Crippen molar-refractivity contribution in [1.82, 2.24) is 20.6 Å². The standard InChI is InChI=1S/C19H27N7OS.HI/c1-13-10-23-16(28-13)12-25-19(21-2)24-11-15-4-3-7-22-18(15)26-8-5-14(6-9-26)17(20)27;/h3-4,7,10,14H,5-6,8-9,11-12H2,1-2H3,(H2,20,27)(H2,21,24,25);1H. The maximum atomic E-state index is 11.4. The zero-order chi connectivity index (χ0) is 19.9. The SMILES string of the molecule is CN=C(NCc1ncc(C)s1)NCc1cccnc1N1CCC(C(N)=O)CC1.I. The third-order valence-corrected chi connectivity index (χ3v) is 5.72. The van der Waals surface area contributed by atoms with E-state index in [1.165, 1.54) is 4.88 Å². The van der Waals surface area contributed by atoms with Crippen LogP contribution in [0.1, 0.15) is 28.3 Å². The predicted octanol–water partition coefficient (Wildman–Crippen LogP) is 2.03. The number of carbonyl (C=O) groups is 1. The van der Waals surface area contributed by atoms with E-state index in [2.05, 4.69) is 36.6 Å². The number of aliphatic imine (C=N–C) groups is 1. The minimum Gasteiger partial charge on any atom is -0.369 e. The first-order valence-electron chi connectivity index (χ1n) is 9.40. The molecule has 29 heavy (non-hydrogen) atoms. The third kappa shape index (κ3) is 6.53. The van der Waals surface area contributed by atoms with Gasteiger partial charge in [-0.3, -0.25) is 9.79 Å². The highest BCUT2D eigenvalue weighted by Crippen LogP contribution is 2.24. The second-order valence-electron chi connectivity index (χ2n) is 6.79. The van der Waals surface area contributed by atoms with E-state index in [-0.39, 0.29) is 35.8 Å². The smallest absolute Gasteiger partial charge is 0.220 e. The number of nitrogens with one attached hydrogen (secondary N) is 2. The molecule has 0 saturated carbocycles. The lowest BCUT2D eigenvalue weighted by Crippen LogP contribution is -2.40. The van der Waals surface area contributed by atoms with E-state index >= 15 is 0 Å². The molecule has 1 aliphatic rings. The lowest BCUT2D eigenvalue weighted by atomic mass is 9.96. The highest BCUT2D eigenvalue weighted by Gasteiger charge is 2.24. The van der Waals surface area contributed by atoms with Crippen LogP contribution in [0, 0.1) is 12.8 Å². The number of piperidine rings is 1. The number of pyridine rings is 1. The lowest BCUT2D eigenvalue weighted by molar-refractivity contribution is -0.122. The van der Waals surface area contributed by atoms with Crippen molar-refractivity contribution in [3.05, 3.63) is 40.0 Å². The molecule has 2 aromatic heterocycles. The van der Waals surface area contributed by atoms with Gasteiger partial charge in [0.1, 0.15) is 10.8 Å². The Hall–Kier alpha value is -1.95. The van der Waals surface area contributed by atoms with E-state index in [9.17, 15) is 4.79 Å². The number of thiazole rings is 1. The average Bonchev–Trinajstić information content (AvgIpc) is 3.13. The first-order chi connectivity index (χ1) is 13.6. The second-order valence-corrected chi connectivity index (χ2v) is 8.11. The third-order valence-electron chi connectivity index (χ3n) is 4.81. The quantitative estimate of drug-likeness (QED) is 0.300.